The van der Waals surface area contributed by atoms with Crippen LogP contribution in [0.2, 0.25) is 0 Å². The number of hydrogen-bond acceptors (Lipinski definition) is 3. The highest BCUT2D eigenvalue weighted by Gasteiger charge is 2.41. The molecule has 3 heterocycles. The zero-order valence-corrected chi connectivity index (χ0v) is 12.4. The summed E-state index contributed by atoms with van der Waals surface area (Å²) in [6.07, 6.45) is 1.03. The molecule has 2 aliphatic heterocycles. The van der Waals surface area contributed by atoms with Crippen LogP contribution in [0.5, 0.6) is 0 Å². The minimum absolute atomic E-state index is 0.699. The number of nitrogens with one attached hydrogen (secondary N) is 1. The second-order valence-corrected chi connectivity index (χ2v) is 6.05. The molecule has 2 aliphatic rings. The Kier molecular flexibility index (Phi) is 3.63. The van der Waals surface area contributed by atoms with Crippen LogP contribution in [-0.2, 0) is 19.5 Å². The Hall–Kier alpha value is -0.870. The highest BCUT2D eigenvalue weighted by molar-refractivity contribution is 5.11. The molecule has 0 amide bonds. The minimum atomic E-state index is 0.699. The summed E-state index contributed by atoms with van der Waals surface area (Å²) >= 11 is 0. The topological polar surface area (TPSA) is 33.1 Å². The van der Waals surface area contributed by atoms with Gasteiger partial charge in [-0.25, -0.2) is 0 Å². The Morgan fingerprint density at radius 2 is 2.21 bits per heavy atom. The van der Waals surface area contributed by atoms with E-state index < -0.39 is 0 Å². The van der Waals surface area contributed by atoms with Crippen molar-refractivity contribution in [3.63, 3.8) is 0 Å². The molecule has 0 radical (unpaired) electrons. The number of hydrogen-bond donors (Lipinski definition) is 1. The summed E-state index contributed by atoms with van der Waals surface area (Å²) in [5.41, 5.74) is 2.62. The van der Waals surface area contributed by atoms with Gasteiger partial charge in [-0.05, 0) is 51.3 Å². The summed E-state index contributed by atoms with van der Waals surface area (Å²) in [5, 5.41) is 8.19. The van der Waals surface area contributed by atoms with Crippen molar-refractivity contribution in [2.45, 2.75) is 46.3 Å². The Morgan fingerprint density at radius 3 is 2.89 bits per heavy atom. The van der Waals surface area contributed by atoms with E-state index in [9.17, 15) is 0 Å². The molecule has 3 rings (SSSR count). The van der Waals surface area contributed by atoms with Gasteiger partial charge in [-0.1, -0.05) is 6.92 Å². The van der Waals surface area contributed by atoms with Crippen LogP contribution in [0.25, 0.3) is 0 Å². The number of aromatic nitrogens is 2. The summed E-state index contributed by atoms with van der Waals surface area (Å²) < 4.78 is 2.18. The molecule has 0 aliphatic carbocycles. The van der Waals surface area contributed by atoms with E-state index in [0.29, 0.717) is 6.04 Å². The molecule has 1 aromatic heterocycles. The quantitative estimate of drug-likeness (QED) is 0.893. The van der Waals surface area contributed by atoms with Crippen molar-refractivity contribution in [1.82, 2.24) is 20.0 Å². The number of nitrogens with zero attached hydrogens (tertiary/aromatic N) is 3. The van der Waals surface area contributed by atoms with Crippen LogP contribution in [0.4, 0.5) is 0 Å². The van der Waals surface area contributed by atoms with Gasteiger partial charge in [0.05, 0.1) is 11.4 Å². The SMILES string of the molecule is CCc1cc(CN2CC3CNCC3C2C)n(CC)n1. The van der Waals surface area contributed by atoms with Crippen LogP contribution in [0, 0.1) is 11.8 Å². The molecular formula is C15H26N4. The zero-order chi connectivity index (χ0) is 13.4. The van der Waals surface area contributed by atoms with Gasteiger partial charge in [-0.3, -0.25) is 9.58 Å². The van der Waals surface area contributed by atoms with Crippen molar-refractivity contribution >= 4 is 0 Å². The molecule has 2 fully saturated rings. The fourth-order valence-corrected chi connectivity index (χ4v) is 3.76. The standard InChI is InChI=1S/C15H26N4/c1-4-13-6-14(19(5-2)17-13)10-18-9-12-7-16-8-15(12)11(18)3/h6,11-12,15-16H,4-5,7-10H2,1-3H3. The molecule has 106 valence electrons. The average Bonchev–Trinajstić information content (AvgIpc) is 3.08. The van der Waals surface area contributed by atoms with E-state index in [-0.39, 0.29) is 0 Å². The first-order valence-electron chi connectivity index (χ1n) is 7.73. The number of rotatable bonds is 4. The monoisotopic (exact) mass is 262 g/mol. The molecule has 3 unspecified atom stereocenters. The van der Waals surface area contributed by atoms with Gasteiger partial charge >= 0.3 is 0 Å². The number of aryl methyl sites for hydroxylation is 2. The fraction of sp³-hybridized carbons (Fsp3) is 0.800. The lowest BCUT2D eigenvalue weighted by atomic mass is 9.95. The first-order chi connectivity index (χ1) is 9.22. The Bertz CT molecular complexity index is 439. The minimum Gasteiger partial charge on any atom is -0.316 e. The first-order valence-corrected chi connectivity index (χ1v) is 7.73. The molecule has 0 bridgehead atoms. The van der Waals surface area contributed by atoms with Crippen LogP contribution in [0.1, 0.15) is 32.2 Å². The lowest BCUT2D eigenvalue weighted by Gasteiger charge is -2.24. The van der Waals surface area contributed by atoms with Gasteiger partial charge in [0, 0.05) is 25.7 Å². The summed E-state index contributed by atoms with van der Waals surface area (Å²) in [5.74, 6) is 1.71. The van der Waals surface area contributed by atoms with Crippen LogP contribution in [0.3, 0.4) is 0 Å². The Labute approximate surface area is 116 Å². The summed E-state index contributed by atoms with van der Waals surface area (Å²) in [6, 6.07) is 2.99. The third kappa shape index (κ3) is 2.32. The van der Waals surface area contributed by atoms with Gasteiger partial charge in [0.25, 0.3) is 0 Å². The van der Waals surface area contributed by atoms with E-state index in [4.69, 9.17) is 0 Å². The van der Waals surface area contributed by atoms with Gasteiger partial charge in [0.15, 0.2) is 0 Å². The lowest BCUT2D eigenvalue weighted by Crippen LogP contribution is -2.33. The first kappa shape index (κ1) is 13.1. The fourth-order valence-electron chi connectivity index (χ4n) is 3.76. The van der Waals surface area contributed by atoms with E-state index in [1.807, 2.05) is 0 Å². The molecule has 19 heavy (non-hydrogen) atoms. The van der Waals surface area contributed by atoms with Crippen molar-refractivity contribution < 1.29 is 0 Å². The van der Waals surface area contributed by atoms with E-state index in [1.165, 1.54) is 31.0 Å². The summed E-state index contributed by atoms with van der Waals surface area (Å²) in [4.78, 5) is 2.65. The van der Waals surface area contributed by atoms with E-state index in [0.717, 1.165) is 31.3 Å². The highest BCUT2D eigenvalue weighted by Crippen LogP contribution is 2.33. The molecule has 0 spiro atoms. The van der Waals surface area contributed by atoms with Crippen LogP contribution in [0.15, 0.2) is 6.07 Å². The number of likely N-dealkylation sites (tertiary alicyclic amines) is 1. The van der Waals surface area contributed by atoms with Crippen molar-refractivity contribution in [2.75, 3.05) is 19.6 Å². The van der Waals surface area contributed by atoms with Gasteiger partial charge in [-0.15, -0.1) is 0 Å². The maximum absolute atomic E-state index is 4.66. The van der Waals surface area contributed by atoms with Crippen molar-refractivity contribution in [3.05, 3.63) is 17.5 Å². The molecule has 3 atom stereocenters. The Morgan fingerprint density at radius 1 is 1.37 bits per heavy atom. The smallest absolute Gasteiger partial charge is 0.0625 e. The molecule has 4 nitrogen and oxygen atoms in total. The molecule has 0 aromatic carbocycles. The van der Waals surface area contributed by atoms with Crippen LogP contribution in [-0.4, -0.2) is 40.4 Å². The van der Waals surface area contributed by atoms with Gasteiger partial charge < -0.3 is 5.32 Å². The molecule has 1 N–H and O–H groups in total. The largest absolute Gasteiger partial charge is 0.316 e. The maximum atomic E-state index is 4.66. The normalized spacial score (nSPS) is 31.0. The molecular weight excluding hydrogens is 236 g/mol. The van der Waals surface area contributed by atoms with Gasteiger partial charge in [0.1, 0.15) is 0 Å². The zero-order valence-electron chi connectivity index (χ0n) is 12.4. The summed E-state index contributed by atoms with van der Waals surface area (Å²) in [6.45, 7) is 12.5. The molecule has 1 aromatic rings. The second kappa shape index (κ2) is 5.25. The predicted molar refractivity (Wildman–Crippen MR) is 77.0 cm³/mol. The van der Waals surface area contributed by atoms with E-state index >= 15 is 0 Å². The van der Waals surface area contributed by atoms with Gasteiger partial charge in [0.2, 0.25) is 0 Å². The predicted octanol–water partition coefficient (Wildman–Crippen LogP) is 1.51. The van der Waals surface area contributed by atoms with E-state index in [2.05, 4.69) is 46.8 Å². The highest BCUT2D eigenvalue weighted by atomic mass is 15.3. The molecule has 0 saturated carbocycles. The van der Waals surface area contributed by atoms with Crippen molar-refractivity contribution in [3.8, 4) is 0 Å². The molecule has 4 heteroatoms. The van der Waals surface area contributed by atoms with Crippen molar-refractivity contribution in [2.24, 2.45) is 11.8 Å². The van der Waals surface area contributed by atoms with Crippen LogP contribution >= 0.6 is 0 Å². The van der Waals surface area contributed by atoms with Crippen LogP contribution < -0.4 is 5.32 Å². The van der Waals surface area contributed by atoms with Crippen molar-refractivity contribution in [1.29, 1.82) is 0 Å². The molecule has 2 saturated heterocycles. The average molecular weight is 262 g/mol. The van der Waals surface area contributed by atoms with Gasteiger partial charge in [-0.2, -0.15) is 5.10 Å². The summed E-state index contributed by atoms with van der Waals surface area (Å²) in [7, 11) is 0. The second-order valence-electron chi connectivity index (χ2n) is 6.05. The number of fused-ring (bicyclic) bond motifs is 1. The maximum Gasteiger partial charge on any atom is 0.0625 e. The lowest BCUT2D eigenvalue weighted by molar-refractivity contribution is 0.225. The third-order valence-corrected chi connectivity index (χ3v) is 5.00. The van der Waals surface area contributed by atoms with E-state index in [1.54, 1.807) is 0 Å². The Balaban J connectivity index is 1.73. The third-order valence-electron chi connectivity index (χ3n) is 5.00.